The molecular formula is C73H64BN3. The lowest BCUT2D eigenvalue weighted by molar-refractivity contribution is 0.281. The maximum Gasteiger partial charge on any atom is 0.252 e. The Kier molecular flexibility index (Phi) is 10.6. The molecule has 0 spiro atoms. The summed E-state index contributed by atoms with van der Waals surface area (Å²) < 4.78 is 0. The molecule has 3 aliphatic heterocycles. The van der Waals surface area contributed by atoms with Crippen molar-refractivity contribution in [3.05, 3.63) is 270 Å². The highest BCUT2D eigenvalue weighted by Gasteiger charge is 2.62. The fraction of sp³-hybridized carbons (Fsp3) is 0.178. The highest BCUT2D eigenvalue weighted by Crippen LogP contribution is 2.63. The van der Waals surface area contributed by atoms with Gasteiger partial charge in [-0.1, -0.05) is 224 Å². The van der Waals surface area contributed by atoms with Gasteiger partial charge in [0, 0.05) is 50.9 Å². The number of fused-ring (bicyclic) bond motifs is 8. The number of nitrogens with zero attached hydrogens (tertiary/aromatic N) is 3. The van der Waals surface area contributed by atoms with E-state index in [2.05, 4.69) is 300 Å². The first kappa shape index (κ1) is 47.1. The zero-order chi connectivity index (χ0) is 52.4. The molecule has 0 amide bonds. The monoisotopic (exact) mass is 994 g/mol. The molecule has 0 N–H and O–H groups in total. The third-order valence-corrected chi connectivity index (χ3v) is 17.9. The molecule has 374 valence electrons. The van der Waals surface area contributed by atoms with Crippen LogP contribution in [0.3, 0.4) is 0 Å². The van der Waals surface area contributed by atoms with Gasteiger partial charge in [0.05, 0.1) is 5.54 Å². The molecule has 0 aromatic heterocycles. The van der Waals surface area contributed by atoms with E-state index in [0.29, 0.717) is 0 Å². The first-order valence-corrected chi connectivity index (χ1v) is 27.7. The quantitative estimate of drug-likeness (QED) is 0.154. The fourth-order valence-corrected chi connectivity index (χ4v) is 14.1. The number of hydrogen-bond donors (Lipinski definition) is 0. The molecule has 4 aliphatic rings. The maximum absolute atomic E-state index is 2.78. The summed E-state index contributed by atoms with van der Waals surface area (Å²) >= 11 is 0. The molecule has 4 heteroatoms. The van der Waals surface area contributed by atoms with E-state index < -0.39 is 5.54 Å². The van der Waals surface area contributed by atoms with Gasteiger partial charge in [-0.05, 0) is 157 Å². The van der Waals surface area contributed by atoms with Crippen molar-refractivity contribution in [3.8, 4) is 22.3 Å². The van der Waals surface area contributed by atoms with Gasteiger partial charge in [0.1, 0.15) is 0 Å². The van der Waals surface area contributed by atoms with Gasteiger partial charge in [0.15, 0.2) is 0 Å². The summed E-state index contributed by atoms with van der Waals surface area (Å²) in [7, 11) is 0. The maximum atomic E-state index is 2.78. The average Bonchev–Trinajstić information content (AvgIpc) is 3.99. The lowest BCUT2D eigenvalue weighted by atomic mass is 9.33. The zero-order valence-electron chi connectivity index (χ0n) is 45.3. The number of rotatable bonds is 6. The molecule has 3 nitrogen and oxygen atoms in total. The number of anilines is 8. The highest BCUT2D eigenvalue weighted by atomic mass is 15.3. The minimum absolute atomic E-state index is 0.0624. The van der Waals surface area contributed by atoms with E-state index in [1.165, 1.54) is 112 Å². The summed E-state index contributed by atoms with van der Waals surface area (Å²) in [5.41, 5.74) is 25.7. The summed E-state index contributed by atoms with van der Waals surface area (Å²) in [6.07, 6.45) is 1.79. The molecule has 0 bridgehead atoms. The summed E-state index contributed by atoms with van der Waals surface area (Å²) in [6.45, 7) is 16.6. The molecule has 10 aromatic carbocycles. The summed E-state index contributed by atoms with van der Waals surface area (Å²) in [4.78, 5) is 8.03. The second kappa shape index (κ2) is 17.3. The van der Waals surface area contributed by atoms with E-state index in [1.807, 2.05) is 0 Å². The molecule has 1 aliphatic carbocycles. The van der Waals surface area contributed by atoms with Gasteiger partial charge in [-0.2, -0.15) is 0 Å². The average molecular weight is 994 g/mol. The van der Waals surface area contributed by atoms with Crippen LogP contribution in [-0.2, 0) is 29.1 Å². The van der Waals surface area contributed by atoms with E-state index in [-0.39, 0.29) is 23.0 Å². The van der Waals surface area contributed by atoms with Crippen LogP contribution in [0.1, 0.15) is 81.8 Å². The van der Waals surface area contributed by atoms with Crippen molar-refractivity contribution in [2.45, 2.75) is 83.1 Å². The SMILES string of the molecule is CC(C)(C)c1cccc(N2c3cc(C(C)(C)C)ccc3B3c4cc(-c5ccccc5)ccc4N(c4ccc(-c5ccccc5)cc4)c4cc(N5c6ccccc6C6(c7ccccc7)Cc7ccccc7CC56C)cc2c43)c1. The molecule has 3 heterocycles. The van der Waals surface area contributed by atoms with Gasteiger partial charge in [0.2, 0.25) is 0 Å². The molecule has 2 unspecified atom stereocenters. The molecule has 14 rings (SSSR count). The van der Waals surface area contributed by atoms with Gasteiger partial charge in [-0.3, -0.25) is 0 Å². The first-order chi connectivity index (χ1) is 37.3. The van der Waals surface area contributed by atoms with E-state index in [0.717, 1.165) is 18.5 Å². The second-order valence-corrected chi connectivity index (χ2v) is 24.4. The van der Waals surface area contributed by atoms with Gasteiger partial charge >= 0.3 is 0 Å². The molecule has 0 saturated carbocycles. The molecule has 0 saturated heterocycles. The summed E-state index contributed by atoms with van der Waals surface area (Å²) in [5, 5.41) is 0. The van der Waals surface area contributed by atoms with Gasteiger partial charge in [-0.25, -0.2) is 0 Å². The number of hydrogen-bond acceptors (Lipinski definition) is 3. The minimum Gasteiger partial charge on any atom is -0.334 e. The number of para-hydroxylation sites is 1. The van der Waals surface area contributed by atoms with Crippen LogP contribution >= 0.6 is 0 Å². The Morgan fingerprint density at radius 3 is 1.61 bits per heavy atom. The topological polar surface area (TPSA) is 9.72 Å². The third kappa shape index (κ3) is 7.25. The van der Waals surface area contributed by atoms with Crippen molar-refractivity contribution in [2.75, 3.05) is 14.7 Å². The Labute approximate surface area is 456 Å². The molecular weight excluding hydrogens is 930 g/mol. The highest BCUT2D eigenvalue weighted by molar-refractivity contribution is 7.00. The van der Waals surface area contributed by atoms with Crippen LogP contribution in [0.25, 0.3) is 22.3 Å². The van der Waals surface area contributed by atoms with Crippen LogP contribution in [0.5, 0.6) is 0 Å². The molecule has 77 heavy (non-hydrogen) atoms. The summed E-state index contributed by atoms with van der Waals surface area (Å²) in [6, 6.07) is 90.3. The standard InChI is InChI=1S/C73H64BN3/c1-70(2,3)56-30-21-31-59(43-56)76-66-44-57(71(4,5)6)37-40-62(66)74-63-42-52(50-24-13-9-14-25-50)36-41-65(63)75(58-38-34-51(35-39-58)49-22-11-8-12-23-49)67-45-60(46-68(76)69(67)74)77-64-33-20-19-32-61(64)73(55-28-15-10-16-29-55)48-54-27-18-17-26-53(54)47-72(73,77)7/h8-46H,47-48H2,1-7H3. The van der Waals surface area contributed by atoms with E-state index in [1.54, 1.807) is 0 Å². The van der Waals surface area contributed by atoms with Crippen molar-refractivity contribution in [1.82, 2.24) is 0 Å². The van der Waals surface area contributed by atoms with Crippen LogP contribution in [0.15, 0.2) is 237 Å². The van der Waals surface area contributed by atoms with Gasteiger partial charge in [-0.15, -0.1) is 0 Å². The van der Waals surface area contributed by atoms with E-state index in [4.69, 9.17) is 0 Å². The summed E-state index contributed by atoms with van der Waals surface area (Å²) in [5.74, 6) is 0. The third-order valence-electron chi connectivity index (χ3n) is 17.9. The molecule has 10 aromatic rings. The van der Waals surface area contributed by atoms with Crippen molar-refractivity contribution in [1.29, 1.82) is 0 Å². The van der Waals surface area contributed by atoms with Gasteiger partial charge in [0.25, 0.3) is 6.71 Å². The molecule has 0 radical (unpaired) electrons. The Morgan fingerprint density at radius 2 is 0.935 bits per heavy atom. The van der Waals surface area contributed by atoms with Gasteiger partial charge < -0.3 is 14.7 Å². The second-order valence-electron chi connectivity index (χ2n) is 24.4. The first-order valence-electron chi connectivity index (χ1n) is 27.7. The zero-order valence-corrected chi connectivity index (χ0v) is 45.3. The predicted molar refractivity (Wildman–Crippen MR) is 327 cm³/mol. The van der Waals surface area contributed by atoms with Crippen LogP contribution < -0.4 is 31.1 Å². The lowest BCUT2D eigenvalue weighted by Crippen LogP contribution is -2.62. The van der Waals surface area contributed by atoms with Crippen molar-refractivity contribution >= 4 is 68.6 Å². The normalized spacial score (nSPS) is 18.0. The van der Waals surface area contributed by atoms with Crippen LogP contribution in [0.2, 0.25) is 0 Å². The Bertz CT molecular complexity index is 3930. The van der Waals surface area contributed by atoms with Crippen molar-refractivity contribution in [3.63, 3.8) is 0 Å². The number of benzene rings is 10. The Balaban J connectivity index is 1.11. The Morgan fingerprint density at radius 1 is 0.377 bits per heavy atom. The predicted octanol–water partition coefficient (Wildman–Crippen LogP) is 16.7. The lowest BCUT2D eigenvalue weighted by Gasteiger charge is -2.53. The van der Waals surface area contributed by atoms with E-state index >= 15 is 0 Å². The smallest absolute Gasteiger partial charge is 0.252 e. The fourth-order valence-electron chi connectivity index (χ4n) is 14.1. The Hall–Kier alpha value is -8.34. The minimum atomic E-state index is -0.408. The molecule has 0 fully saturated rings. The van der Waals surface area contributed by atoms with Crippen LogP contribution in [0, 0.1) is 0 Å². The largest absolute Gasteiger partial charge is 0.334 e. The van der Waals surface area contributed by atoms with Crippen LogP contribution in [0.4, 0.5) is 45.5 Å². The van der Waals surface area contributed by atoms with Crippen LogP contribution in [-0.4, -0.2) is 12.3 Å². The van der Waals surface area contributed by atoms with Crippen molar-refractivity contribution in [2.24, 2.45) is 0 Å². The van der Waals surface area contributed by atoms with Crippen molar-refractivity contribution < 1.29 is 0 Å². The van der Waals surface area contributed by atoms with E-state index in [9.17, 15) is 0 Å². The molecule has 2 atom stereocenters.